The molecule has 1 heterocycles. The highest BCUT2D eigenvalue weighted by Crippen LogP contribution is 2.52. The van der Waals surface area contributed by atoms with Crippen molar-refractivity contribution in [2.75, 3.05) is 13.6 Å². The Morgan fingerprint density at radius 1 is 1.15 bits per heavy atom. The van der Waals surface area contributed by atoms with E-state index in [-0.39, 0.29) is 54.0 Å². The van der Waals surface area contributed by atoms with Gasteiger partial charge in [0.15, 0.2) is 0 Å². The van der Waals surface area contributed by atoms with E-state index in [1.807, 2.05) is 19.1 Å². The highest BCUT2D eigenvalue weighted by atomic mass is 35.5. The molecular weight excluding hydrogens is 352 g/mol. The molecule has 0 N–H and O–H groups in total. The quantitative estimate of drug-likeness (QED) is 0.603. The Morgan fingerprint density at radius 3 is 2.23 bits per heavy atom. The number of benzene rings is 1. The summed E-state index contributed by atoms with van der Waals surface area (Å²) in [5.74, 6) is -0.807. The van der Waals surface area contributed by atoms with Crippen molar-refractivity contribution in [1.82, 2.24) is 9.80 Å². The zero-order chi connectivity index (χ0) is 18.6. The number of hydrogen-bond acceptors (Lipinski definition) is 3. The molecule has 5 atom stereocenters. The molecule has 0 spiro atoms. The number of halogens is 1. The van der Waals surface area contributed by atoms with E-state index < -0.39 is 0 Å². The molecule has 1 aromatic rings. The van der Waals surface area contributed by atoms with Crippen LogP contribution in [0.15, 0.2) is 36.4 Å². The number of allylic oxidation sites excluding steroid dienone is 2. The van der Waals surface area contributed by atoms with Crippen molar-refractivity contribution >= 4 is 29.3 Å². The van der Waals surface area contributed by atoms with Gasteiger partial charge in [0, 0.05) is 12.1 Å². The molecule has 136 valence electrons. The van der Waals surface area contributed by atoms with Gasteiger partial charge in [-0.1, -0.05) is 35.9 Å². The lowest BCUT2D eigenvalue weighted by molar-refractivity contribution is -0.147. The zero-order valence-electron chi connectivity index (χ0n) is 14.8. The summed E-state index contributed by atoms with van der Waals surface area (Å²) in [6.07, 6.45) is 5.00. The van der Waals surface area contributed by atoms with E-state index in [9.17, 15) is 14.4 Å². The first-order chi connectivity index (χ1) is 12.4. The van der Waals surface area contributed by atoms with Crippen LogP contribution in [-0.2, 0) is 14.4 Å². The van der Waals surface area contributed by atoms with Crippen molar-refractivity contribution in [2.45, 2.75) is 19.4 Å². The Balaban J connectivity index is 1.45. The minimum Gasteiger partial charge on any atom is -0.337 e. The first kappa shape index (κ1) is 17.3. The SMILES string of the molecule is C[C@H](c1ccc(Cl)cc1)N(C)C(=O)CN1C(=O)[C@H]2[C@H](C1=O)[C@H]1C=C[C@H]2C1. The summed E-state index contributed by atoms with van der Waals surface area (Å²) in [6.45, 7) is 1.73. The van der Waals surface area contributed by atoms with Crippen LogP contribution < -0.4 is 0 Å². The summed E-state index contributed by atoms with van der Waals surface area (Å²) in [5.41, 5.74) is 0.948. The molecule has 6 heteroatoms. The number of carbonyl (C=O) groups is 3. The Hall–Kier alpha value is -2.14. The largest absolute Gasteiger partial charge is 0.337 e. The van der Waals surface area contributed by atoms with Gasteiger partial charge in [0.1, 0.15) is 6.54 Å². The van der Waals surface area contributed by atoms with Gasteiger partial charge in [-0.15, -0.1) is 0 Å². The fourth-order valence-corrected chi connectivity index (χ4v) is 4.67. The molecule has 0 radical (unpaired) electrons. The van der Waals surface area contributed by atoms with Gasteiger partial charge in [-0.2, -0.15) is 0 Å². The topological polar surface area (TPSA) is 57.7 Å². The standard InChI is InChI=1S/C20H21ClN2O3/c1-11(12-5-7-15(21)8-6-12)22(2)16(24)10-23-19(25)17-13-3-4-14(9-13)18(17)20(23)26/h3-8,11,13-14,17-18H,9-10H2,1-2H3/t11-,13+,14+,17-,18-/m1/s1. The molecule has 3 amide bonds. The van der Waals surface area contributed by atoms with E-state index in [0.29, 0.717) is 5.02 Å². The Kier molecular flexibility index (Phi) is 4.14. The number of rotatable bonds is 4. The van der Waals surface area contributed by atoms with Crippen molar-refractivity contribution < 1.29 is 14.4 Å². The van der Waals surface area contributed by atoms with Gasteiger partial charge in [-0.3, -0.25) is 19.3 Å². The molecule has 26 heavy (non-hydrogen) atoms. The van der Waals surface area contributed by atoms with Gasteiger partial charge in [0.05, 0.1) is 17.9 Å². The number of hydrogen-bond donors (Lipinski definition) is 0. The molecule has 1 aliphatic heterocycles. The highest BCUT2D eigenvalue weighted by molar-refractivity contribution is 6.30. The van der Waals surface area contributed by atoms with E-state index in [0.717, 1.165) is 12.0 Å². The summed E-state index contributed by atoms with van der Waals surface area (Å²) >= 11 is 5.91. The molecule has 2 bridgehead atoms. The fraction of sp³-hybridized carbons (Fsp3) is 0.450. The predicted molar refractivity (Wildman–Crippen MR) is 97.1 cm³/mol. The Morgan fingerprint density at radius 2 is 1.69 bits per heavy atom. The summed E-state index contributed by atoms with van der Waals surface area (Å²) in [6, 6.07) is 7.13. The number of carbonyl (C=O) groups excluding carboxylic acids is 3. The van der Waals surface area contributed by atoms with Crippen LogP contribution in [0.5, 0.6) is 0 Å². The number of amides is 3. The molecule has 5 nitrogen and oxygen atoms in total. The van der Waals surface area contributed by atoms with E-state index in [1.165, 1.54) is 4.90 Å². The lowest BCUT2D eigenvalue weighted by atomic mass is 9.85. The van der Waals surface area contributed by atoms with Crippen LogP contribution in [0.2, 0.25) is 5.02 Å². The minimum absolute atomic E-state index is 0.160. The van der Waals surface area contributed by atoms with Crippen molar-refractivity contribution in [3.63, 3.8) is 0 Å². The summed E-state index contributed by atoms with van der Waals surface area (Å²) < 4.78 is 0. The van der Waals surface area contributed by atoms with Crippen LogP contribution in [0.3, 0.4) is 0 Å². The molecule has 1 saturated heterocycles. The molecule has 3 aliphatic rings. The molecule has 2 aliphatic carbocycles. The number of nitrogens with zero attached hydrogens (tertiary/aromatic N) is 2. The third-order valence-corrected chi connectivity index (χ3v) is 6.43. The number of fused-ring (bicyclic) bond motifs is 5. The third kappa shape index (κ3) is 2.57. The van der Waals surface area contributed by atoms with Gasteiger partial charge >= 0.3 is 0 Å². The van der Waals surface area contributed by atoms with Gasteiger partial charge in [0.25, 0.3) is 0 Å². The van der Waals surface area contributed by atoms with Gasteiger partial charge in [0.2, 0.25) is 17.7 Å². The zero-order valence-corrected chi connectivity index (χ0v) is 15.5. The highest BCUT2D eigenvalue weighted by Gasteiger charge is 2.59. The maximum absolute atomic E-state index is 12.7. The van der Waals surface area contributed by atoms with Crippen LogP contribution in [-0.4, -0.2) is 41.1 Å². The van der Waals surface area contributed by atoms with Crippen molar-refractivity contribution in [3.8, 4) is 0 Å². The summed E-state index contributed by atoms with van der Waals surface area (Å²) in [7, 11) is 1.69. The molecule has 2 fully saturated rings. The Bertz CT molecular complexity index is 774. The molecular formula is C20H21ClN2O3. The molecule has 1 saturated carbocycles. The van der Waals surface area contributed by atoms with Crippen LogP contribution in [0.1, 0.15) is 24.9 Å². The molecule has 0 aromatic heterocycles. The number of likely N-dealkylation sites (N-methyl/N-ethyl adjacent to an activating group) is 1. The van der Waals surface area contributed by atoms with E-state index in [2.05, 4.69) is 12.2 Å². The normalized spacial score (nSPS) is 30.0. The monoisotopic (exact) mass is 372 g/mol. The maximum Gasteiger partial charge on any atom is 0.242 e. The maximum atomic E-state index is 12.7. The second-order valence-electron chi connectivity index (χ2n) is 7.49. The van der Waals surface area contributed by atoms with E-state index in [4.69, 9.17) is 11.6 Å². The summed E-state index contributed by atoms with van der Waals surface area (Å²) in [4.78, 5) is 40.9. The second-order valence-corrected chi connectivity index (χ2v) is 7.93. The summed E-state index contributed by atoms with van der Waals surface area (Å²) in [5, 5.41) is 0.637. The molecule has 4 rings (SSSR count). The van der Waals surface area contributed by atoms with E-state index in [1.54, 1.807) is 24.1 Å². The lowest BCUT2D eigenvalue weighted by Gasteiger charge is -2.27. The van der Waals surface area contributed by atoms with Crippen molar-refractivity contribution in [2.24, 2.45) is 23.7 Å². The first-order valence-corrected chi connectivity index (χ1v) is 9.31. The molecule has 1 aromatic carbocycles. The second kappa shape index (κ2) is 6.23. The first-order valence-electron chi connectivity index (χ1n) is 8.93. The van der Waals surface area contributed by atoms with E-state index >= 15 is 0 Å². The lowest BCUT2D eigenvalue weighted by Crippen LogP contribution is -2.43. The number of imide groups is 1. The van der Waals surface area contributed by atoms with Crippen molar-refractivity contribution in [1.29, 1.82) is 0 Å². The average Bonchev–Trinajstić information content (AvgIpc) is 3.31. The van der Waals surface area contributed by atoms with Gasteiger partial charge in [-0.05, 0) is 42.9 Å². The fourth-order valence-electron chi connectivity index (χ4n) is 4.55. The smallest absolute Gasteiger partial charge is 0.242 e. The van der Waals surface area contributed by atoms with Crippen LogP contribution in [0, 0.1) is 23.7 Å². The van der Waals surface area contributed by atoms with Crippen molar-refractivity contribution in [3.05, 3.63) is 47.0 Å². The third-order valence-electron chi connectivity index (χ3n) is 6.18. The minimum atomic E-state index is -0.260. The predicted octanol–water partition coefficient (Wildman–Crippen LogP) is 2.67. The molecule has 0 unspecified atom stereocenters. The Labute approximate surface area is 157 Å². The van der Waals surface area contributed by atoms with Gasteiger partial charge in [-0.25, -0.2) is 0 Å². The number of likely N-dealkylation sites (tertiary alicyclic amines) is 1. The van der Waals surface area contributed by atoms with Crippen LogP contribution in [0.25, 0.3) is 0 Å². The van der Waals surface area contributed by atoms with Crippen LogP contribution >= 0.6 is 11.6 Å². The average molecular weight is 373 g/mol. The van der Waals surface area contributed by atoms with Crippen LogP contribution in [0.4, 0.5) is 0 Å². The van der Waals surface area contributed by atoms with Gasteiger partial charge < -0.3 is 4.90 Å².